The van der Waals surface area contributed by atoms with Crippen LogP contribution in [0.15, 0.2) is 46.9 Å². The van der Waals surface area contributed by atoms with E-state index in [1.807, 2.05) is 54.4 Å². The van der Waals surface area contributed by atoms with Crippen LogP contribution >= 0.6 is 27.5 Å². The number of aromatic nitrogens is 1. The molecule has 114 valence electrons. The van der Waals surface area contributed by atoms with E-state index in [1.54, 1.807) is 0 Å². The van der Waals surface area contributed by atoms with Gasteiger partial charge in [-0.2, -0.15) is 0 Å². The highest BCUT2D eigenvalue weighted by molar-refractivity contribution is 9.10. The molecular weight excluding hydrogens is 376 g/mol. The van der Waals surface area contributed by atoms with E-state index in [0.29, 0.717) is 28.5 Å². The molecule has 1 aliphatic rings. The summed E-state index contributed by atoms with van der Waals surface area (Å²) in [5.41, 5.74) is 2.93. The Morgan fingerprint density at radius 1 is 1.22 bits per heavy atom. The number of halogens is 2. The number of rotatable bonds is 0. The normalized spacial score (nSPS) is 13.7. The molecule has 0 radical (unpaired) electrons. The number of benzene rings is 2. The Hall–Kier alpha value is -1.91. The van der Waals surface area contributed by atoms with Gasteiger partial charge in [-0.25, -0.2) is 4.98 Å². The van der Waals surface area contributed by atoms with E-state index in [2.05, 4.69) is 15.9 Å². The summed E-state index contributed by atoms with van der Waals surface area (Å²) in [6.07, 6.45) is 0. The molecule has 0 fully saturated rings. The van der Waals surface area contributed by atoms with E-state index in [-0.39, 0.29) is 5.78 Å². The number of carbonyl (C=O) groups excluding carboxylic acids is 1. The van der Waals surface area contributed by atoms with Gasteiger partial charge in [0.1, 0.15) is 5.82 Å². The van der Waals surface area contributed by atoms with Crippen molar-refractivity contribution in [3.63, 3.8) is 0 Å². The summed E-state index contributed by atoms with van der Waals surface area (Å²) < 4.78 is 0.906. The molecule has 0 aliphatic carbocycles. The zero-order valence-electron chi connectivity index (χ0n) is 12.3. The fourth-order valence-electron chi connectivity index (χ4n) is 3.01. The number of anilines is 1. The fraction of sp³-hybridized carbons (Fsp3) is 0.111. The van der Waals surface area contributed by atoms with Gasteiger partial charge in [0.15, 0.2) is 5.78 Å². The van der Waals surface area contributed by atoms with Crippen molar-refractivity contribution in [1.82, 2.24) is 4.98 Å². The van der Waals surface area contributed by atoms with Gasteiger partial charge in [-0.1, -0.05) is 51.8 Å². The van der Waals surface area contributed by atoms with E-state index >= 15 is 0 Å². The Morgan fingerprint density at radius 3 is 2.83 bits per heavy atom. The number of carbonyl (C=O) groups is 1. The molecule has 0 amide bonds. The third-order valence-corrected chi connectivity index (χ3v) is 5.01. The molecule has 2 aromatic carbocycles. The minimum Gasteiger partial charge on any atom is -0.355 e. The van der Waals surface area contributed by atoms with Gasteiger partial charge in [0, 0.05) is 29.0 Å². The zero-order valence-corrected chi connectivity index (χ0v) is 14.6. The number of fused-ring (bicyclic) bond motifs is 3. The van der Waals surface area contributed by atoms with Crippen LogP contribution in [0.3, 0.4) is 0 Å². The second-order valence-electron chi connectivity index (χ2n) is 5.63. The topological polar surface area (TPSA) is 33.2 Å². The van der Waals surface area contributed by atoms with Crippen molar-refractivity contribution < 1.29 is 4.79 Å². The van der Waals surface area contributed by atoms with E-state index in [4.69, 9.17) is 16.6 Å². The monoisotopic (exact) mass is 386 g/mol. The van der Waals surface area contributed by atoms with Gasteiger partial charge >= 0.3 is 0 Å². The van der Waals surface area contributed by atoms with Crippen LogP contribution < -0.4 is 4.90 Å². The van der Waals surface area contributed by atoms with Gasteiger partial charge < -0.3 is 4.90 Å². The van der Waals surface area contributed by atoms with Crippen molar-refractivity contribution in [1.29, 1.82) is 0 Å². The highest BCUT2D eigenvalue weighted by atomic mass is 79.9. The summed E-state index contributed by atoms with van der Waals surface area (Å²) in [6.45, 7) is 0.625. The fourth-order valence-corrected chi connectivity index (χ4v) is 3.69. The van der Waals surface area contributed by atoms with Crippen molar-refractivity contribution in [2.45, 2.75) is 6.54 Å². The maximum absolute atomic E-state index is 13.1. The summed E-state index contributed by atoms with van der Waals surface area (Å²) in [7, 11) is 1.93. The second kappa shape index (κ2) is 5.32. The van der Waals surface area contributed by atoms with Crippen molar-refractivity contribution in [2.24, 2.45) is 0 Å². The highest BCUT2D eigenvalue weighted by Gasteiger charge is 2.28. The zero-order chi connectivity index (χ0) is 16.1. The second-order valence-corrected chi connectivity index (χ2v) is 6.92. The predicted octanol–water partition coefficient (Wildman–Crippen LogP) is 4.83. The first-order chi connectivity index (χ1) is 11.1. The van der Waals surface area contributed by atoms with Crippen LogP contribution in [0.4, 0.5) is 5.82 Å². The molecule has 1 aliphatic heterocycles. The summed E-state index contributed by atoms with van der Waals surface area (Å²) in [5.74, 6) is 0.561. The van der Waals surface area contributed by atoms with Gasteiger partial charge in [0.25, 0.3) is 0 Å². The minimum absolute atomic E-state index is 0.0701. The van der Waals surface area contributed by atoms with Crippen molar-refractivity contribution in [3.8, 4) is 0 Å². The average molecular weight is 388 g/mol. The van der Waals surface area contributed by atoms with Gasteiger partial charge in [-0.15, -0.1) is 0 Å². The molecule has 0 saturated carbocycles. The Bertz CT molecular complexity index is 971. The third-order valence-electron chi connectivity index (χ3n) is 4.12. The predicted molar refractivity (Wildman–Crippen MR) is 96.4 cm³/mol. The number of hydrogen-bond donors (Lipinski definition) is 0. The minimum atomic E-state index is -0.0701. The first-order valence-electron chi connectivity index (χ1n) is 7.19. The summed E-state index contributed by atoms with van der Waals surface area (Å²) in [4.78, 5) is 19.7. The van der Waals surface area contributed by atoms with Gasteiger partial charge in [0.05, 0.1) is 16.1 Å². The Morgan fingerprint density at radius 2 is 2.00 bits per heavy atom. The molecule has 4 rings (SSSR count). The quantitative estimate of drug-likeness (QED) is 0.554. The smallest absolute Gasteiger partial charge is 0.198 e. The lowest BCUT2D eigenvalue weighted by atomic mass is 9.99. The first-order valence-corrected chi connectivity index (χ1v) is 8.36. The van der Waals surface area contributed by atoms with E-state index in [0.717, 1.165) is 20.9 Å². The summed E-state index contributed by atoms with van der Waals surface area (Å²) in [6, 6.07) is 13.4. The highest BCUT2D eigenvalue weighted by Crippen LogP contribution is 2.37. The molecular formula is C18H12BrClN2O. The van der Waals surface area contributed by atoms with Crippen LogP contribution in [0.5, 0.6) is 0 Å². The lowest BCUT2D eigenvalue weighted by Gasteiger charge is -2.19. The molecule has 3 nitrogen and oxygen atoms in total. The SMILES string of the molecule is CN1Cc2ccccc2C(=O)c2c1nc1ccc(Br)cc1c2Cl. The van der Waals surface area contributed by atoms with Crippen LogP contribution in [0, 0.1) is 0 Å². The number of ketones is 1. The van der Waals surface area contributed by atoms with Crippen LogP contribution in [0.2, 0.25) is 5.02 Å². The third kappa shape index (κ3) is 2.25. The molecule has 0 N–H and O–H groups in total. The van der Waals surface area contributed by atoms with E-state index in [9.17, 15) is 4.79 Å². The standard InChI is InChI=1S/C18H12BrClN2O/c1-22-9-10-4-2-3-5-12(10)17(23)15-16(20)13-8-11(19)6-7-14(13)21-18(15)22/h2-8H,9H2,1H3. The molecule has 23 heavy (non-hydrogen) atoms. The van der Waals surface area contributed by atoms with Gasteiger partial charge in [-0.05, 0) is 23.8 Å². The molecule has 0 atom stereocenters. The Balaban J connectivity index is 2.08. The largest absolute Gasteiger partial charge is 0.355 e. The number of pyridine rings is 1. The molecule has 1 aromatic heterocycles. The molecule has 0 saturated heterocycles. The van der Waals surface area contributed by atoms with Gasteiger partial charge in [-0.3, -0.25) is 4.79 Å². The molecule has 0 unspecified atom stereocenters. The van der Waals surface area contributed by atoms with Crippen molar-refractivity contribution in [3.05, 3.63) is 68.7 Å². The molecule has 3 aromatic rings. The summed E-state index contributed by atoms with van der Waals surface area (Å²) in [5, 5.41) is 1.24. The molecule has 2 heterocycles. The van der Waals surface area contributed by atoms with Crippen LogP contribution in [-0.2, 0) is 6.54 Å². The lowest BCUT2D eigenvalue weighted by molar-refractivity contribution is 0.103. The van der Waals surface area contributed by atoms with Crippen molar-refractivity contribution in [2.75, 3.05) is 11.9 Å². The number of hydrogen-bond acceptors (Lipinski definition) is 3. The maximum Gasteiger partial charge on any atom is 0.198 e. The summed E-state index contributed by atoms with van der Waals surface area (Å²) >= 11 is 10.1. The van der Waals surface area contributed by atoms with E-state index in [1.165, 1.54) is 0 Å². The first kappa shape index (κ1) is 14.7. The van der Waals surface area contributed by atoms with Crippen molar-refractivity contribution >= 4 is 50.0 Å². The lowest BCUT2D eigenvalue weighted by Crippen LogP contribution is -2.18. The van der Waals surface area contributed by atoms with Crippen LogP contribution in [0.25, 0.3) is 10.9 Å². The Labute approximate surface area is 147 Å². The Kier molecular flexibility index (Phi) is 3.39. The number of nitrogens with zero attached hydrogens (tertiary/aromatic N) is 2. The van der Waals surface area contributed by atoms with Gasteiger partial charge in [0.2, 0.25) is 0 Å². The average Bonchev–Trinajstić information content (AvgIpc) is 2.64. The van der Waals surface area contributed by atoms with Crippen LogP contribution in [-0.4, -0.2) is 17.8 Å². The molecule has 5 heteroatoms. The van der Waals surface area contributed by atoms with E-state index < -0.39 is 0 Å². The van der Waals surface area contributed by atoms with Crippen LogP contribution in [0.1, 0.15) is 21.5 Å². The molecule has 0 spiro atoms. The maximum atomic E-state index is 13.1. The molecule has 0 bridgehead atoms.